The van der Waals surface area contributed by atoms with Crippen molar-refractivity contribution in [3.63, 3.8) is 0 Å². The summed E-state index contributed by atoms with van der Waals surface area (Å²) < 4.78 is 2.69. The number of anilines is 1. The van der Waals surface area contributed by atoms with Crippen molar-refractivity contribution in [1.29, 1.82) is 0 Å². The molecule has 3 heterocycles. The van der Waals surface area contributed by atoms with Gasteiger partial charge in [0, 0.05) is 31.8 Å². The van der Waals surface area contributed by atoms with E-state index < -0.39 is 0 Å². The van der Waals surface area contributed by atoms with Crippen molar-refractivity contribution in [2.45, 2.75) is 24.3 Å². The topological polar surface area (TPSA) is 27.3 Å². The molecule has 9 rings (SSSR count). The number of nitrogens with one attached hydrogen (secondary N) is 2. The molecule has 6 aromatic rings. The lowest BCUT2D eigenvalue weighted by atomic mass is 9.87. The Balaban J connectivity index is 1.11. The number of hydrogen-bond donors (Lipinski definition) is 2. The SMILES string of the molecule is C1=CC(c2cccc3c2sc2c(-c4ccccc4)cccc23)NC(N2c3ccccc3C3C=CC(c4ccccc4)=CC32)N1. The molecule has 2 aliphatic heterocycles. The third-order valence-electron chi connectivity index (χ3n) is 9.34. The van der Waals surface area contributed by atoms with E-state index in [-0.39, 0.29) is 18.4 Å². The van der Waals surface area contributed by atoms with Crippen LogP contribution < -0.4 is 15.5 Å². The standard InChI is InChI=1S/C40H31N3S/c1-3-11-26(12-4-1)28-21-22-31-30-15-7-8-20-36(30)43(37(31)25-28)40-41-24-23-35(42-40)34-19-10-18-33-32-17-9-16-29(38(32)44-39(33)34)27-13-5-2-6-14-27/h1-25,31,35,37,40-42H. The van der Waals surface area contributed by atoms with Gasteiger partial charge in [-0.3, -0.25) is 5.32 Å². The van der Waals surface area contributed by atoms with Gasteiger partial charge in [0.1, 0.15) is 0 Å². The first kappa shape index (κ1) is 25.6. The van der Waals surface area contributed by atoms with E-state index in [1.165, 1.54) is 59.3 Å². The Labute approximate surface area is 261 Å². The van der Waals surface area contributed by atoms with Gasteiger partial charge in [0.25, 0.3) is 0 Å². The lowest BCUT2D eigenvalue weighted by Gasteiger charge is -2.40. The fraction of sp³-hybridized carbons (Fsp3) is 0.100. The lowest BCUT2D eigenvalue weighted by Crippen LogP contribution is -2.58. The van der Waals surface area contributed by atoms with E-state index in [9.17, 15) is 0 Å². The molecule has 4 unspecified atom stereocenters. The minimum atomic E-state index is -0.0644. The van der Waals surface area contributed by atoms with Crippen molar-refractivity contribution in [3.8, 4) is 11.1 Å². The van der Waals surface area contributed by atoms with Gasteiger partial charge in [-0.15, -0.1) is 11.3 Å². The molecule has 0 bridgehead atoms. The average molecular weight is 586 g/mol. The highest BCUT2D eigenvalue weighted by Crippen LogP contribution is 2.47. The van der Waals surface area contributed by atoms with Gasteiger partial charge in [0.2, 0.25) is 0 Å². The first-order valence-corrected chi connectivity index (χ1v) is 16.2. The van der Waals surface area contributed by atoms with Gasteiger partial charge >= 0.3 is 0 Å². The zero-order chi connectivity index (χ0) is 29.0. The smallest absolute Gasteiger partial charge is 0.156 e. The molecule has 1 aromatic heterocycles. The minimum Gasteiger partial charge on any atom is -0.359 e. The van der Waals surface area contributed by atoms with E-state index in [4.69, 9.17) is 0 Å². The van der Waals surface area contributed by atoms with Gasteiger partial charge < -0.3 is 10.2 Å². The van der Waals surface area contributed by atoms with Crippen LogP contribution >= 0.6 is 11.3 Å². The van der Waals surface area contributed by atoms with Crippen LogP contribution in [0.5, 0.6) is 0 Å². The number of nitrogens with zero attached hydrogens (tertiary/aromatic N) is 1. The number of hydrogen-bond acceptors (Lipinski definition) is 4. The van der Waals surface area contributed by atoms with Gasteiger partial charge in [-0.05, 0) is 51.7 Å². The summed E-state index contributed by atoms with van der Waals surface area (Å²) in [4.78, 5) is 2.54. The maximum absolute atomic E-state index is 4.00. The van der Waals surface area contributed by atoms with Crippen LogP contribution in [0.15, 0.2) is 152 Å². The summed E-state index contributed by atoms with van der Waals surface area (Å²) in [6.45, 7) is 0. The molecular formula is C40H31N3S. The van der Waals surface area contributed by atoms with Crippen molar-refractivity contribution >= 4 is 42.8 Å². The third kappa shape index (κ3) is 4.06. The molecule has 0 saturated heterocycles. The molecule has 44 heavy (non-hydrogen) atoms. The largest absolute Gasteiger partial charge is 0.359 e. The highest BCUT2D eigenvalue weighted by atomic mass is 32.1. The van der Waals surface area contributed by atoms with Gasteiger partial charge in [0.15, 0.2) is 6.29 Å². The second kappa shape index (κ2) is 10.4. The predicted molar refractivity (Wildman–Crippen MR) is 186 cm³/mol. The first-order chi connectivity index (χ1) is 21.8. The Hall–Kier alpha value is -4.90. The molecule has 0 saturated carbocycles. The Morgan fingerprint density at radius 1 is 0.614 bits per heavy atom. The van der Waals surface area contributed by atoms with E-state index in [1.54, 1.807) is 0 Å². The summed E-state index contributed by atoms with van der Waals surface area (Å²) in [6, 6.07) is 44.1. The number of allylic oxidation sites excluding steroid dienone is 2. The molecule has 0 radical (unpaired) electrons. The van der Waals surface area contributed by atoms with Gasteiger partial charge in [-0.1, -0.05) is 133 Å². The molecule has 3 nitrogen and oxygen atoms in total. The quantitative estimate of drug-likeness (QED) is 0.216. The predicted octanol–water partition coefficient (Wildman–Crippen LogP) is 9.38. The van der Waals surface area contributed by atoms with Gasteiger partial charge in [-0.25, -0.2) is 0 Å². The van der Waals surface area contributed by atoms with Crippen molar-refractivity contribution in [2.24, 2.45) is 0 Å². The van der Waals surface area contributed by atoms with E-state index >= 15 is 0 Å². The van der Waals surface area contributed by atoms with Crippen molar-refractivity contribution in [2.75, 3.05) is 4.90 Å². The van der Waals surface area contributed by atoms with Gasteiger partial charge in [-0.2, -0.15) is 0 Å². The van der Waals surface area contributed by atoms with Crippen LogP contribution in [-0.2, 0) is 0 Å². The summed E-state index contributed by atoms with van der Waals surface area (Å²) in [5.41, 5.74) is 9.07. The number of rotatable bonds is 4. The fourth-order valence-electron chi connectivity index (χ4n) is 7.31. The monoisotopic (exact) mass is 585 g/mol. The van der Waals surface area contributed by atoms with E-state index in [2.05, 4.69) is 167 Å². The first-order valence-electron chi connectivity index (χ1n) is 15.3. The third-order valence-corrected chi connectivity index (χ3v) is 10.6. The van der Waals surface area contributed by atoms with Crippen LogP contribution in [0.3, 0.4) is 0 Å². The van der Waals surface area contributed by atoms with Crippen LogP contribution in [0, 0.1) is 0 Å². The van der Waals surface area contributed by atoms with Crippen LogP contribution in [-0.4, -0.2) is 12.3 Å². The molecule has 212 valence electrons. The highest BCUT2D eigenvalue weighted by Gasteiger charge is 2.41. The normalized spacial score (nSPS) is 22.1. The number of thiophene rings is 1. The Morgan fingerprint density at radius 2 is 1.32 bits per heavy atom. The molecule has 0 amide bonds. The number of para-hydroxylation sites is 1. The molecule has 4 heteroatoms. The van der Waals surface area contributed by atoms with Crippen LogP contribution in [0.1, 0.15) is 28.7 Å². The molecule has 3 aliphatic rings. The van der Waals surface area contributed by atoms with Crippen molar-refractivity contribution < 1.29 is 0 Å². The maximum atomic E-state index is 4.00. The summed E-state index contributed by atoms with van der Waals surface area (Å²) in [6.07, 6.45) is 11.5. The Morgan fingerprint density at radius 3 is 2.16 bits per heavy atom. The van der Waals surface area contributed by atoms with Crippen molar-refractivity contribution in [3.05, 3.63) is 169 Å². The minimum absolute atomic E-state index is 0.0644. The van der Waals surface area contributed by atoms with E-state index in [1.807, 2.05) is 11.3 Å². The number of benzene rings is 5. The summed E-state index contributed by atoms with van der Waals surface area (Å²) >= 11 is 1.92. The molecule has 0 spiro atoms. The second-order valence-corrected chi connectivity index (χ2v) is 12.8. The summed E-state index contributed by atoms with van der Waals surface area (Å²) in [5, 5.41) is 10.3. The molecule has 5 aromatic carbocycles. The highest BCUT2D eigenvalue weighted by molar-refractivity contribution is 7.26. The lowest BCUT2D eigenvalue weighted by molar-refractivity contribution is 0.387. The Bertz CT molecular complexity index is 2110. The molecule has 1 aliphatic carbocycles. The molecule has 2 N–H and O–H groups in total. The average Bonchev–Trinajstić information content (AvgIpc) is 3.65. The summed E-state index contributed by atoms with van der Waals surface area (Å²) in [5.74, 6) is 0.314. The zero-order valence-electron chi connectivity index (χ0n) is 24.1. The number of fused-ring (bicyclic) bond motifs is 6. The van der Waals surface area contributed by atoms with Crippen molar-refractivity contribution in [1.82, 2.24) is 10.6 Å². The van der Waals surface area contributed by atoms with E-state index in [0.717, 1.165) is 0 Å². The van der Waals surface area contributed by atoms with Crippen LogP contribution in [0.25, 0.3) is 36.9 Å². The molecular weight excluding hydrogens is 555 g/mol. The van der Waals surface area contributed by atoms with E-state index in [0.29, 0.717) is 5.92 Å². The molecule has 4 atom stereocenters. The van der Waals surface area contributed by atoms with Crippen LogP contribution in [0.4, 0.5) is 5.69 Å². The zero-order valence-corrected chi connectivity index (χ0v) is 24.9. The fourth-order valence-corrected chi connectivity index (χ4v) is 8.70. The molecule has 0 fully saturated rings. The Kier molecular flexibility index (Phi) is 6.03. The van der Waals surface area contributed by atoms with Gasteiger partial charge in [0.05, 0.1) is 12.1 Å². The summed E-state index contributed by atoms with van der Waals surface area (Å²) in [7, 11) is 0. The maximum Gasteiger partial charge on any atom is 0.156 e. The van der Waals surface area contributed by atoms with Crippen LogP contribution in [0.2, 0.25) is 0 Å². The second-order valence-electron chi connectivity index (χ2n) is 11.8.